The van der Waals surface area contributed by atoms with Gasteiger partial charge in [-0.1, -0.05) is 0 Å². The molecule has 0 amide bonds. The van der Waals surface area contributed by atoms with Gasteiger partial charge in [0.05, 0.1) is 0 Å². The number of hydrogen-bond acceptors (Lipinski definition) is 2. The number of aliphatic hydroxyl groups is 1. The van der Waals surface area contributed by atoms with Crippen molar-refractivity contribution in [3.05, 3.63) is 18.2 Å². The Labute approximate surface area is 59.3 Å². The van der Waals surface area contributed by atoms with Crippen LogP contribution < -0.4 is 0 Å². The molecular weight excluding hydrogens is 128 g/mol. The summed E-state index contributed by atoms with van der Waals surface area (Å²) in [5.74, 6) is 1.52. The Hall–Kier alpha value is -0.830. The Morgan fingerprint density at radius 3 is 3.40 bits per heavy atom. The predicted octanol–water partition coefficient (Wildman–Crippen LogP) is 0.0477. The molecular formula is C7H10N2O. The van der Waals surface area contributed by atoms with Crippen molar-refractivity contribution in [1.29, 1.82) is 0 Å². The lowest BCUT2D eigenvalue weighted by atomic mass is 10.1. The Bertz CT molecular complexity index is 211. The van der Waals surface area contributed by atoms with Crippen LogP contribution in [-0.2, 0) is 13.0 Å². The summed E-state index contributed by atoms with van der Waals surface area (Å²) >= 11 is 0. The van der Waals surface area contributed by atoms with E-state index in [-0.39, 0.29) is 6.61 Å². The third kappa shape index (κ3) is 0.743. The minimum absolute atomic E-state index is 0.281. The zero-order valence-electron chi connectivity index (χ0n) is 5.70. The molecule has 1 aromatic heterocycles. The van der Waals surface area contributed by atoms with Gasteiger partial charge in [0.1, 0.15) is 5.82 Å². The largest absolute Gasteiger partial charge is 0.396 e. The second kappa shape index (κ2) is 2.09. The highest BCUT2D eigenvalue weighted by molar-refractivity contribution is 4.99. The summed E-state index contributed by atoms with van der Waals surface area (Å²) in [5.41, 5.74) is 0. The van der Waals surface area contributed by atoms with Gasteiger partial charge >= 0.3 is 0 Å². The molecule has 1 aliphatic rings. The van der Waals surface area contributed by atoms with Crippen LogP contribution in [0.25, 0.3) is 0 Å². The van der Waals surface area contributed by atoms with Gasteiger partial charge in [-0.2, -0.15) is 0 Å². The van der Waals surface area contributed by atoms with E-state index >= 15 is 0 Å². The zero-order chi connectivity index (χ0) is 6.97. The van der Waals surface area contributed by atoms with E-state index in [0.29, 0.717) is 5.92 Å². The van der Waals surface area contributed by atoms with Gasteiger partial charge in [-0.05, 0) is 0 Å². The Morgan fingerprint density at radius 1 is 1.80 bits per heavy atom. The first-order valence-corrected chi connectivity index (χ1v) is 3.51. The average Bonchev–Trinajstić information content (AvgIpc) is 2.42. The Kier molecular flexibility index (Phi) is 1.24. The fourth-order valence-corrected chi connectivity index (χ4v) is 1.42. The summed E-state index contributed by atoms with van der Waals surface area (Å²) in [6.45, 7) is 1.22. The molecule has 1 atom stereocenters. The van der Waals surface area contributed by atoms with Crippen LogP contribution in [0.3, 0.4) is 0 Å². The minimum atomic E-state index is 0.281. The average molecular weight is 138 g/mol. The first-order chi connectivity index (χ1) is 4.90. The lowest BCUT2D eigenvalue weighted by molar-refractivity contribution is 0.225. The smallest absolute Gasteiger partial charge is 0.109 e. The Morgan fingerprint density at radius 2 is 2.70 bits per heavy atom. The number of hydrogen-bond donors (Lipinski definition) is 1. The maximum Gasteiger partial charge on any atom is 0.109 e. The molecule has 0 aromatic carbocycles. The summed E-state index contributed by atoms with van der Waals surface area (Å²) in [5, 5.41) is 8.82. The van der Waals surface area contributed by atoms with Gasteiger partial charge in [0, 0.05) is 37.9 Å². The molecule has 54 valence electrons. The van der Waals surface area contributed by atoms with Crippen LogP contribution in [0.5, 0.6) is 0 Å². The molecule has 0 aliphatic carbocycles. The molecule has 3 nitrogen and oxygen atoms in total. The van der Waals surface area contributed by atoms with Crippen molar-refractivity contribution in [2.75, 3.05) is 6.61 Å². The summed E-state index contributed by atoms with van der Waals surface area (Å²) in [6.07, 6.45) is 4.71. The monoisotopic (exact) mass is 138 g/mol. The SMILES string of the molecule is OCC1Cc2nccn2C1. The number of aromatic nitrogens is 2. The molecule has 1 aromatic rings. The van der Waals surface area contributed by atoms with Crippen molar-refractivity contribution in [3.63, 3.8) is 0 Å². The van der Waals surface area contributed by atoms with Crippen molar-refractivity contribution in [3.8, 4) is 0 Å². The van der Waals surface area contributed by atoms with Gasteiger partial charge in [0.2, 0.25) is 0 Å². The summed E-state index contributed by atoms with van der Waals surface area (Å²) < 4.78 is 2.10. The summed E-state index contributed by atoms with van der Waals surface area (Å²) in [7, 11) is 0. The van der Waals surface area contributed by atoms with E-state index < -0.39 is 0 Å². The summed E-state index contributed by atoms with van der Waals surface area (Å²) in [6, 6.07) is 0. The van der Waals surface area contributed by atoms with Crippen molar-refractivity contribution in [2.24, 2.45) is 5.92 Å². The number of nitrogens with zero attached hydrogens (tertiary/aromatic N) is 2. The van der Waals surface area contributed by atoms with E-state index in [1.54, 1.807) is 0 Å². The highest BCUT2D eigenvalue weighted by Gasteiger charge is 2.20. The molecule has 3 heteroatoms. The Balaban J connectivity index is 2.21. The van der Waals surface area contributed by atoms with E-state index in [4.69, 9.17) is 5.11 Å². The van der Waals surface area contributed by atoms with Crippen molar-refractivity contribution in [1.82, 2.24) is 9.55 Å². The number of fused-ring (bicyclic) bond motifs is 1. The number of aliphatic hydroxyl groups excluding tert-OH is 1. The van der Waals surface area contributed by atoms with Gasteiger partial charge in [-0.15, -0.1) is 0 Å². The van der Waals surface area contributed by atoms with Crippen molar-refractivity contribution in [2.45, 2.75) is 13.0 Å². The molecule has 0 spiro atoms. The highest BCUT2D eigenvalue weighted by atomic mass is 16.3. The molecule has 1 N–H and O–H groups in total. The molecule has 0 saturated heterocycles. The third-order valence-corrected chi connectivity index (χ3v) is 1.99. The fraction of sp³-hybridized carbons (Fsp3) is 0.571. The van der Waals surface area contributed by atoms with Crippen molar-refractivity contribution >= 4 is 0 Å². The van der Waals surface area contributed by atoms with E-state index in [1.807, 2.05) is 12.4 Å². The van der Waals surface area contributed by atoms with Gasteiger partial charge in [0.25, 0.3) is 0 Å². The van der Waals surface area contributed by atoms with Crippen LogP contribution in [0.1, 0.15) is 5.82 Å². The van der Waals surface area contributed by atoms with E-state index in [2.05, 4.69) is 9.55 Å². The maximum absolute atomic E-state index is 8.82. The first-order valence-electron chi connectivity index (χ1n) is 3.51. The third-order valence-electron chi connectivity index (χ3n) is 1.99. The zero-order valence-corrected chi connectivity index (χ0v) is 5.70. The van der Waals surface area contributed by atoms with Gasteiger partial charge in [-0.25, -0.2) is 4.98 Å². The van der Waals surface area contributed by atoms with Crippen molar-refractivity contribution < 1.29 is 5.11 Å². The second-order valence-electron chi connectivity index (χ2n) is 2.75. The molecule has 2 rings (SSSR count). The second-order valence-corrected chi connectivity index (χ2v) is 2.75. The summed E-state index contributed by atoms with van der Waals surface area (Å²) in [4.78, 5) is 4.15. The van der Waals surface area contributed by atoms with Crippen LogP contribution >= 0.6 is 0 Å². The molecule has 1 unspecified atom stereocenters. The predicted molar refractivity (Wildman–Crippen MR) is 36.5 cm³/mol. The van der Waals surface area contributed by atoms with Crippen LogP contribution in [0.2, 0.25) is 0 Å². The number of imidazole rings is 1. The minimum Gasteiger partial charge on any atom is -0.396 e. The highest BCUT2D eigenvalue weighted by Crippen LogP contribution is 2.17. The van der Waals surface area contributed by atoms with Crippen LogP contribution in [0.4, 0.5) is 0 Å². The van der Waals surface area contributed by atoms with Crippen LogP contribution in [0.15, 0.2) is 12.4 Å². The fourth-order valence-electron chi connectivity index (χ4n) is 1.42. The van der Waals surface area contributed by atoms with Crippen LogP contribution in [0, 0.1) is 5.92 Å². The molecule has 0 radical (unpaired) electrons. The van der Waals surface area contributed by atoms with E-state index in [0.717, 1.165) is 18.8 Å². The molecule has 1 aliphatic heterocycles. The van der Waals surface area contributed by atoms with E-state index in [9.17, 15) is 0 Å². The maximum atomic E-state index is 8.82. The number of rotatable bonds is 1. The lowest BCUT2D eigenvalue weighted by Gasteiger charge is -2.00. The van der Waals surface area contributed by atoms with Gasteiger partial charge in [0.15, 0.2) is 0 Å². The molecule has 0 bridgehead atoms. The molecule has 2 heterocycles. The molecule has 0 fully saturated rings. The molecule has 0 saturated carbocycles. The normalized spacial score (nSPS) is 23.1. The first kappa shape index (κ1) is 5.92. The van der Waals surface area contributed by atoms with E-state index in [1.165, 1.54) is 0 Å². The quantitative estimate of drug-likeness (QED) is 0.595. The lowest BCUT2D eigenvalue weighted by Crippen LogP contribution is -2.06. The van der Waals surface area contributed by atoms with Gasteiger partial charge in [-0.3, -0.25) is 0 Å². The van der Waals surface area contributed by atoms with Gasteiger partial charge < -0.3 is 9.67 Å². The standard InChI is InChI=1S/C7H10N2O/c10-5-6-3-7-8-1-2-9(7)4-6/h1-2,6,10H,3-5H2. The molecule has 10 heavy (non-hydrogen) atoms. The van der Waals surface area contributed by atoms with Crippen LogP contribution in [-0.4, -0.2) is 21.3 Å². The topological polar surface area (TPSA) is 38.1 Å².